The Balaban J connectivity index is 3.04. The van der Waals surface area contributed by atoms with Gasteiger partial charge in [-0.15, -0.1) is 0 Å². The monoisotopic (exact) mass is 302 g/mol. The predicted octanol–water partition coefficient (Wildman–Crippen LogP) is 3.00. The van der Waals surface area contributed by atoms with Gasteiger partial charge in [-0.05, 0) is 28.3 Å². The van der Waals surface area contributed by atoms with Crippen LogP contribution in [0.15, 0.2) is 10.7 Å². The van der Waals surface area contributed by atoms with E-state index in [0.29, 0.717) is 5.92 Å². The molecule has 1 unspecified atom stereocenters. The first kappa shape index (κ1) is 14.7. The highest BCUT2D eigenvalue weighted by Crippen LogP contribution is 2.31. The van der Waals surface area contributed by atoms with Gasteiger partial charge in [-0.2, -0.15) is 5.10 Å². The van der Waals surface area contributed by atoms with Gasteiger partial charge < -0.3 is 0 Å². The summed E-state index contributed by atoms with van der Waals surface area (Å²) in [6, 6.07) is 0.161. The second-order valence-corrected chi connectivity index (χ2v) is 5.18. The maximum absolute atomic E-state index is 5.74. The van der Waals surface area contributed by atoms with Gasteiger partial charge in [0.2, 0.25) is 0 Å². The summed E-state index contributed by atoms with van der Waals surface area (Å²) in [6.45, 7) is 7.49. The number of nitrogens with zero attached hydrogens (tertiary/aromatic N) is 2. The highest BCUT2D eigenvalue weighted by Gasteiger charge is 2.25. The summed E-state index contributed by atoms with van der Waals surface area (Å²) >= 11 is 3.58. The van der Waals surface area contributed by atoms with Crippen molar-refractivity contribution in [3.05, 3.63) is 16.4 Å². The molecule has 1 aromatic rings. The van der Waals surface area contributed by atoms with Crippen molar-refractivity contribution in [2.24, 2.45) is 11.8 Å². The SMILES string of the molecule is CCCn1ncc(Br)c1C(NN)C(CC)CC. The van der Waals surface area contributed by atoms with E-state index in [2.05, 4.69) is 47.2 Å². The molecule has 1 aromatic heterocycles. The van der Waals surface area contributed by atoms with Crippen LogP contribution in [0.2, 0.25) is 0 Å². The van der Waals surface area contributed by atoms with Crippen molar-refractivity contribution >= 4 is 15.9 Å². The third-order valence-electron chi connectivity index (χ3n) is 3.26. The van der Waals surface area contributed by atoms with Gasteiger partial charge in [-0.25, -0.2) is 0 Å². The third kappa shape index (κ3) is 3.30. The molecular formula is C12H23BrN4. The van der Waals surface area contributed by atoms with E-state index in [-0.39, 0.29) is 6.04 Å². The number of hydrogen-bond donors (Lipinski definition) is 2. The maximum Gasteiger partial charge on any atom is 0.0712 e. The minimum atomic E-state index is 0.161. The molecule has 17 heavy (non-hydrogen) atoms. The number of aryl methyl sites for hydroxylation is 1. The number of rotatable bonds is 7. The molecule has 1 atom stereocenters. The quantitative estimate of drug-likeness (QED) is 0.601. The van der Waals surface area contributed by atoms with Crippen LogP contribution in [-0.2, 0) is 6.54 Å². The fourth-order valence-corrected chi connectivity index (χ4v) is 2.81. The Bertz CT molecular complexity index is 333. The lowest BCUT2D eigenvalue weighted by molar-refractivity contribution is 0.324. The Hall–Kier alpha value is -0.390. The lowest BCUT2D eigenvalue weighted by Crippen LogP contribution is -2.35. The molecule has 0 aliphatic heterocycles. The Morgan fingerprint density at radius 2 is 2.06 bits per heavy atom. The van der Waals surface area contributed by atoms with Crippen molar-refractivity contribution in [3.63, 3.8) is 0 Å². The molecule has 0 bridgehead atoms. The summed E-state index contributed by atoms with van der Waals surface area (Å²) in [5.41, 5.74) is 4.12. The smallest absolute Gasteiger partial charge is 0.0712 e. The first-order chi connectivity index (χ1) is 8.19. The molecule has 1 rings (SSSR count). The molecule has 0 aliphatic carbocycles. The first-order valence-corrected chi connectivity index (χ1v) is 7.16. The van der Waals surface area contributed by atoms with Gasteiger partial charge in [0.05, 0.1) is 22.4 Å². The summed E-state index contributed by atoms with van der Waals surface area (Å²) in [6.07, 6.45) is 5.14. The lowest BCUT2D eigenvalue weighted by Gasteiger charge is -2.25. The highest BCUT2D eigenvalue weighted by atomic mass is 79.9. The zero-order chi connectivity index (χ0) is 12.8. The van der Waals surface area contributed by atoms with Crippen LogP contribution in [0.4, 0.5) is 0 Å². The first-order valence-electron chi connectivity index (χ1n) is 6.36. The zero-order valence-electron chi connectivity index (χ0n) is 10.9. The van der Waals surface area contributed by atoms with Gasteiger partial charge in [0, 0.05) is 6.54 Å². The van der Waals surface area contributed by atoms with Crippen molar-refractivity contribution in [1.82, 2.24) is 15.2 Å². The summed E-state index contributed by atoms with van der Waals surface area (Å²) in [5, 5.41) is 4.40. The molecule has 0 saturated heterocycles. The summed E-state index contributed by atoms with van der Waals surface area (Å²) in [4.78, 5) is 0. The standard InChI is InChI=1S/C12H23BrN4/c1-4-7-17-12(10(13)8-15-17)11(16-14)9(5-2)6-3/h8-9,11,16H,4-7,14H2,1-3H3. The van der Waals surface area contributed by atoms with Crippen LogP contribution in [0.5, 0.6) is 0 Å². The molecule has 5 heteroatoms. The average molecular weight is 303 g/mol. The summed E-state index contributed by atoms with van der Waals surface area (Å²) in [7, 11) is 0. The number of hydrogen-bond acceptors (Lipinski definition) is 3. The maximum atomic E-state index is 5.74. The molecule has 1 heterocycles. The Kier molecular flexibility index (Phi) is 6.16. The molecule has 98 valence electrons. The van der Waals surface area contributed by atoms with E-state index in [1.807, 2.05) is 10.9 Å². The van der Waals surface area contributed by atoms with E-state index in [4.69, 9.17) is 5.84 Å². The Morgan fingerprint density at radius 3 is 2.53 bits per heavy atom. The largest absolute Gasteiger partial charge is 0.271 e. The normalized spacial score (nSPS) is 13.3. The van der Waals surface area contributed by atoms with Crippen LogP contribution in [0, 0.1) is 5.92 Å². The van der Waals surface area contributed by atoms with Crippen molar-refractivity contribution in [3.8, 4) is 0 Å². The predicted molar refractivity (Wildman–Crippen MR) is 74.4 cm³/mol. The van der Waals surface area contributed by atoms with Crippen LogP contribution in [0.25, 0.3) is 0 Å². The number of nitrogens with two attached hydrogens (primary N) is 1. The molecule has 0 spiro atoms. The average Bonchev–Trinajstić information content (AvgIpc) is 2.68. The Morgan fingerprint density at radius 1 is 1.41 bits per heavy atom. The molecule has 0 radical (unpaired) electrons. The van der Waals surface area contributed by atoms with Crippen LogP contribution in [-0.4, -0.2) is 9.78 Å². The van der Waals surface area contributed by atoms with Gasteiger partial charge in [0.25, 0.3) is 0 Å². The van der Waals surface area contributed by atoms with E-state index >= 15 is 0 Å². The van der Waals surface area contributed by atoms with Crippen molar-refractivity contribution in [2.75, 3.05) is 0 Å². The van der Waals surface area contributed by atoms with E-state index in [0.717, 1.165) is 30.3 Å². The molecular weight excluding hydrogens is 280 g/mol. The minimum Gasteiger partial charge on any atom is -0.271 e. The fourth-order valence-electron chi connectivity index (χ4n) is 2.27. The number of aromatic nitrogens is 2. The molecule has 4 nitrogen and oxygen atoms in total. The zero-order valence-corrected chi connectivity index (χ0v) is 12.5. The van der Waals surface area contributed by atoms with E-state index in [1.165, 1.54) is 5.69 Å². The fraction of sp³-hybridized carbons (Fsp3) is 0.750. The van der Waals surface area contributed by atoms with Crippen LogP contribution >= 0.6 is 15.9 Å². The minimum absolute atomic E-state index is 0.161. The second-order valence-electron chi connectivity index (χ2n) is 4.32. The van der Waals surface area contributed by atoms with Crippen molar-refractivity contribution < 1.29 is 0 Å². The van der Waals surface area contributed by atoms with Gasteiger partial charge in [-0.1, -0.05) is 33.6 Å². The number of halogens is 1. The van der Waals surface area contributed by atoms with Gasteiger partial charge in [0.1, 0.15) is 0 Å². The number of hydrazine groups is 1. The van der Waals surface area contributed by atoms with E-state index in [1.54, 1.807) is 0 Å². The van der Waals surface area contributed by atoms with Crippen LogP contribution in [0.1, 0.15) is 51.8 Å². The third-order valence-corrected chi connectivity index (χ3v) is 3.87. The lowest BCUT2D eigenvalue weighted by atomic mass is 9.92. The second kappa shape index (κ2) is 7.13. The Labute approximate surface area is 112 Å². The molecule has 0 saturated carbocycles. The highest BCUT2D eigenvalue weighted by molar-refractivity contribution is 9.10. The topological polar surface area (TPSA) is 55.9 Å². The van der Waals surface area contributed by atoms with Crippen molar-refractivity contribution in [2.45, 2.75) is 52.6 Å². The van der Waals surface area contributed by atoms with Gasteiger partial charge in [-0.3, -0.25) is 16.0 Å². The summed E-state index contributed by atoms with van der Waals surface area (Å²) in [5.74, 6) is 6.27. The van der Waals surface area contributed by atoms with Crippen molar-refractivity contribution in [1.29, 1.82) is 0 Å². The molecule has 3 N–H and O–H groups in total. The van der Waals surface area contributed by atoms with E-state index < -0.39 is 0 Å². The molecule has 0 aromatic carbocycles. The molecule has 0 aliphatic rings. The van der Waals surface area contributed by atoms with E-state index in [9.17, 15) is 0 Å². The molecule has 0 fully saturated rings. The van der Waals surface area contributed by atoms with Gasteiger partial charge >= 0.3 is 0 Å². The van der Waals surface area contributed by atoms with Crippen LogP contribution in [0.3, 0.4) is 0 Å². The number of nitrogens with one attached hydrogen (secondary N) is 1. The van der Waals surface area contributed by atoms with Gasteiger partial charge in [0.15, 0.2) is 0 Å². The van der Waals surface area contributed by atoms with Crippen LogP contribution < -0.4 is 11.3 Å². The molecule has 0 amide bonds. The summed E-state index contributed by atoms with van der Waals surface area (Å²) < 4.78 is 3.09.